The van der Waals surface area contributed by atoms with E-state index in [2.05, 4.69) is 0 Å². The third-order valence-corrected chi connectivity index (χ3v) is 5.38. The first-order valence-corrected chi connectivity index (χ1v) is 9.55. The van der Waals surface area contributed by atoms with Gasteiger partial charge in [0.25, 0.3) is 0 Å². The van der Waals surface area contributed by atoms with E-state index >= 15 is 0 Å². The maximum Gasteiger partial charge on any atom is 0.242 e. The number of hydrogen-bond acceptors (Lipinski definition) is 5. The van der Waals surface area contributed by atoms with Crippen LogP contribution in [-0.2, 0) is 20.9 Å². The average Bonchev–Trinajstić information content (AvgIpc) is 3.10. The summed E-state index contributed by atoms with van der Waals surface area (Å²) in [5.41, 5.74) is 0.557. The number of thioether (sulfide) groups is 1. The quantitative estimate of drug-likeness (QED) is 0.752. The zero-order valence-electron chi connectivity index (χ0n) is 14.4. The highest BCUT2D eigenvalue weighted by atomic mass is 32.2. The first-order valence-electron chi connectivity index (χ1n) is 7.63. The molecule has 0 unspecified atom stereocenters. The third-order valence-electron chi connectivity index (χ3n) is 3.62. The molecular weight excluding hydrogens is 344 g/mol. The molecule has 2 amide bonds. The highest BCUT2D eigenvalue weighted by Crippen LogP contribution is 2.30. The molecular formula is C17H22N2O3S2. The summed E-state index contributed by atoms with van der Waals surface area (Å²) in [6, 6.07) is 1.97. The molecule has 1 aromatic rings. The molecule has 1 saturated heterocycles. The van der Waals surface area contributed by atoms with Gasteiger partial charge in [0.05, 0.1) is 10.8 Å². The monoisotopic (exact) mass is 366 g/mol. The van der Waals surface area contributed by atoms with E-state index in [1.165, 1.54) is 22.7 Å². The second-order valence-electron chi connectivity index (χ2n) is 6.75. The van der Waals surface area contributed by atoms with E-state index < -0.39 is 5.41 Å². The summed E-state index contributed by atoms with van der Waals surface area (Å²) >= 11 is 2.89. The molecule has 0 aliphatic carbocycles. The van der Waals surface area contributed by atoms with E-state index in [1.807, 2.05) is 37.6 Å². The summed E-state index contributed by atoms with van der Waals surface area (Å²) in [7, 11) is 1.72. The highest BCUT2D eigenvalue weighted by molar-refractivity contribution is 8.04. The number of ketones is 1. The minimum atomic E-state index is -0.509. The number of nitrogens with zero attached hydrogens (tertiary/aromatic N) is 2. The van der Waals surface area contributed by atoms with Crippen molar-refractivity contribution in [2.75, 3.05) is 19.3 Å². The smallest absolute Gasteiger partial charge is 0.242 e. The molecule has 7 heteroatoms. The summed E-state index contributed by atoms with van der Waals surface area (Å²) in [5.74, 6) is -0.0645. The Bertz CT molecular complexity index is 660. The van der Waals surface area contributed by atoms with Gasteiger partial charge in [-0.25, -0.2) is 0 Å². The van der Waals surface area contributed by atoms with Crippen molar-refractivity contribution in [1.82, 2.24) is 9.80 Å². The molecule has 1 aromatic heterocycles. The predicted octanol–water partition coefficient (Wildman–Crippen LogP) is 2.74. The van der Waals surface area contributed by atoms with Crippen molar-refractivity contribution in [1.29, 1.82) is 0 Å². The largest absolute Gasteiger partial charge is 0.340 e. The first kappa shape index (κ1) is 18.7. The number of thiophene rings is 1. The maximum atomic E-state index is 12.4. The van der Waals surface area contributed by atoms with Gasteiger partial charge in [0, 0.05) is 25.1 Å². The Morgan fingerprint density at radius 1 is 1.38 bits per heavy atom. The Hall–Kier alpha value is -1.60. The fraction of sp³-hybridized carbons (Fsp3) is 0.471. The van der Waals surface area contributed by atoms with Gasteiger partial charge in [-0.05, 0) is 22.4 Å². The Balaban J connectivity index is 2.05. The Labute approximate surface area is 150 Å². The number of likely N-dealkylation sites (N-methyl/N-ethyl adjacent to an activating group) is 1. The molecule has 2 heterocycles. The van der Waals surface area contributed by atoms with Crippen LogP contribution in [0.25, 0.3) is 0 Å². The van der Waals surface area contributed by atoms with Gasteiger partial charge in [0.2, 0.25) is 11.8 Å². The normalized spacial score (nSPS) is 16.8. The van der Waals surface area contributed by atoms with Crippen LogP contribution in [0.2, 0.25) is 0 Å². The van der Waals surface area contributed by atoms with E-state index in [-0.39, 0.29) is 29.9 Å². The number of hydrogen-bond donors (Lipinski definition) is 0. The molecule has 0 radical (unpaired) electrons. The van der Waals surface area contributed by atoms with Crippen LogP contribution in [0.1, 0.15) is 26.3 Å². The number of carbonyl (C=O) groups excluding carboxylic acids is 3. The topological polar surface area (TPSA) is 57.7 Å². The van der Waals surface area contributed by atoms with E-state index in [0.717, 1.165) is 5.56 Å². The number of rotatable bonds is 5. The van der Waals surface area contributed by atoms with Crippen LogP contribution in [0.15, 0.2) is 27.9 Å². The van der Waals surface area contributed by atoms with Gasteiger partial charge in [0.15, 0.2) is 5.78 Å². The summed E-state index contributed by atoms with van der Waals surface area (Å²) in [4.78, 5) is 39.7. The summed E-state index contributed by atoms with van der Waals surface area (Å²) in [6.45, 7) is 5.97. The van der Waals surface area contributed by atoms with Crippen molar-refractivity contribution >= 4 is 40.7 Å². The molecule has 1 aliphatic heterocycles. The Morgan fingerprint density at radius 3 is 2.67 bits per heavy atom. The molecule has 0 saturated carbocycles. The van der Waals surface area contributed by atoms with E-state index in [9.17, 15) is 14.4 Å². The fourth-order valence-electron chi connectivity index (χ4n) is 2.03. The molecule has 0 atom stereocenters. The zero-order valence-corrected chi connectivity index (χ0v) is 16.0. The van der Waals surface area contributed by atoms with Gasteiger partial charge in [-0.1, -0.05) is 32.5 Å². The lowest BCUT2D eigenvalue weighted by Crippen LogP contribution is -2.38. The van der Waals surface area contributed by atoms with Crippen LogP contribution in [-0.4, -0.2) is 46.7 Å². The van der Waals surface area contributed by atoms with E-state index in [1.54, 1.807) is 23.3 Å². The lowest BCUT2D eigenvalue weighted by Gasteiger charge is -2.22. The second-order valence-corrected chi connectivity index (χ2v) is 8.52. The van der Waals surface area contributed by atoms with Crippen LogP contribution >= 0.6 is 23.1 Å². The van der Waals surface area contributed by atoms with Crippen molar-refractivity contribution in [3.05, 3.63) is 33.5 Å². The standard InChI is InChI=1S/C17H22N2O3S2/c1-17(2,3)13(20)7-16-19(15(22)11-24-16)9-14(21)18(4)8-12-5-6-23-10-12/h5-7,10H,8-9,11H2,1-4H3/b16-7-. The molecule has 2 rings (SSSR count). The molecule has 0 spiro atoms. The van der Waals surface area contributed by atoms with Crippen molar-refractivity contribution in [3.63, 3.8) is 0 Å². The maximum absolute atomic E-state index is 12.4. The lowest BCUT2D eigenvalue weighted by atomic mass is 9.91. The van der Waals surface area contributed by atoms with Crippen LogP contribution in [0.3, 0.4) is 0 Å². The number of allylic oxidation sites excluding steroid dienone is 1. The van der Waals surface area contributed by atoms with Gasteiger partial charge in [-0.2, -0.15) is 11.3 Å². The molecule has 24 heavy (non-hydrogen) atoms. The lowest BCUT2D eigenvalue weighted by molar-refractivity contribution is -0.136. The predicted molar refractivity (Wildman–Crippen MR) is 97.5 cm³/mol. The van der Waals surface area contributed by atoms with Gasteiger partial charge >= 0.3 is 0 Å². The summed E-state index contributed by atoms with van der Waals surface area (Å²) in [5, 5.41) is 4.53. The molecule has 1 fully saturated rings. The molecule has 0 N–H and O–H groups in total. The average molecular weight is 367 g/mol. The number of carbonyl (C=O) groups is 3. The van der Waals surface area contributed by atoms with Crippen LogP contribution in [0.5, 0.6) is 0 Å². The molecule has 5 nitrogen and oxygen atoms in total. The Kier molecular flexibility index (Phi) is 5.87. The number of amides is 2. The second kappa shape index (κ2) is 7.53. The zero-order chi connectivity index (χ0) is 17.9. The fourth-order valence-corrected chi connectivity index (χ4v) is 3.63. The van der Waals surface area contributed by atoms with Gasteiger partial charge in [-0.15, -0.1) is 0 Å². The first-order chi connectivity index (χ1) is 11.2. The van der Waals surface area contributed by atoms with Gasteiger partial charge in [0.1, 0.15) is 6.54 Å². The minimum absolute atomic E-state index is 0.0320. The molecule has 130 valence electrons. The van der Waals surface area contributed by atoms with Crippen molar-refractivity contribution in [2.45, 2.75) is 27.3 Å². The molecule has 1 aliphatic rings. The van der Waals surface area contributed by atoms with Crippen LogP contribution in [0, 0.1) is 5.41 Å². The van der Waals surface area contributed by atoms with Crippen molar-refractivity contribution in [2.24, 2.45) is 5.41 Å². The SMILES string of the molecule is CN(Cc1ccsc1)C(=O)CN1C(=O)CS/C1=C\C(=O)C(C)(C)C. The van der Waals surface area contributed by atoms with Crippen molar-refractivity contribution in [3.8, 4) is 0 Å². The summed E-state index contributed by atoms with van der Waals surface area (Å²) < 4.78 is 0. The van der Waals surface area contributed by atoms with Crippen LogP contribution in [0.4, 0.5) is 0 Å². The van der Waals surface area contributed by atoms with Crippen molar-refractivity contribution < 1.29 is 14.4 Å². The van der Waals surface area contributed by atoms with Crippen LogP contribution < -0.4 is 0 Å². The van der Waals surface area contributed by atoms with Gasteiger partial charge < -0.3 is 4.90 Å². The summed E-state index contributed by atoms with van der Waals surface area (Å²) in [6.07, 6.45) is 1.49. The highest BCUT2D eigenvalue weighted by Gasteiger charge is 2.31. The van der Waals surface area contributed by atoms with E-state index in [4.69, 9.17) is 0 Å². The van der Waals surface area contributed by atoms with Gasteiger partial charge in [-0.3, -0.25) is 19.3 Å². The third kappa shape index (κ3) is 4.70. The minimum Gasteiger partial charge on any atom is -0.340 e. The van der Waals surface area contributed by atoms with E-state index in [0.29, 0.717) is 11.6 Å². The Morgan fingerprint density at radius 2 is 2.08 bits per heavy atom. The molecule has 0 aromatic carbocycles. The molecule has 0 bridgehead atoms.